The number of para-hydroxylation sites is 1. The summed E-state index contributed by atoms with van der Waals surface area (Å²) in [5.41, 5.74) is 1.58. The Bertz CT molecular complexity index is 1230. The van der Waals surface area contributed by atoms with Gasteiger partial charge in [0.25, 0.3) is 5.56 Å². The van der Waals surface area contributed by atoms with Gasteiger partial charge in [0.15, 0.2) is 11.0 Å². The van der Waals surface area contributed by atoms with Crippen LogP contribution in [0.4, 0.5) is 0 Å². The summed E-state index contributed by atoms with van der Waals surface area (Å²) in [5.74, 6) is 2.01. The maximum atomic E-state index is 13.3. The van der Waals surface area contributed by atoms with Crippen molar-refractivity contribution in [2.45, 2.75) is 43.6 Å². The molecule has 0 amide bonds. The molecule has 0 aliphatic heterocycles. The first-order valence-corrected chi connectivity index (χ1v) is 11.1. The molecule has 2 heterocycles. The first kappa shape index (κ1) is 21.1. The van der Waals surface area contributed by atoms with Gasteiger partial charge in [-0.15, -0.1) is 0 Å². The second kappa shape index (κ2) is 9.34. The van der Waals surface area contributed by atoms with Crippen molar-refractivity contribution in [3.63, 3.8) is 0 Å². The third-order valence-electron chi connectivity index (χ3n) is 4.91. The van der Waals surface area contributed by atoms with E-state index < -0.39 is 0 Å². The number of aryl methyl sites for hydroxylation is 1. The average Bonchev–Trinajstić information content (AvgIpc) is 3.26. The summed E-state index contributed by atoms with van der Waals surface area (Å²) < 4.78 is 12.4. The van der Waals surface area contributed by atoms with Crippen molar-refractivity contribution < 1.29 is 9.26 Å². The summed E-state index contributed by atoms with van der Waals surface area (Å²) in [6.45, 7) is 4.46. The second-order valence-corrected chi connectivity index (χ2v) is 8.52. The molecule has 0 aliphatic rings. The van der Waals surface area contributed by atoms with E-state index in [1.54, 1.807) is 11.7 Å². The maximum absolute atomic E-state index is 13.3. The van der Waals surface area contributed by atoms with Crippen LogP contribution in [0.2, 0.25) is 0 Å². The number of aromatic nitrogens is 4. The Balaban J connectivity index is 1.71. The monoisotopic (exact) mass is 436 g/mol. The number of hydrogen-bond donors (Lipinski definition) is 0. The van der Waals surface area contributed by atoms with Gasteiger partial charge in [0, 0.05) is 6.42 Å². The van der Waals surface area contributed by atoms with Gasteiger partial charge in [0.2, 0.25) is 5.89 Å². The molecule has 0 N–H and O–H groups in total. The molecule has 1 atom stereocenters. The Morgan fingerprint density at radius 2 is 1.90 bits per heavy atom. The number of ether oxygens (including phenoxy) is 1. The Hall–Kier alpha value is -3.13. The number of hydrogen-bond acceptors (Lipinski definition) is 7. The van der Waals surface area contributed by atoms with Crippen LogP contribution in [0.3, 0.4) is 0 Å². The Kier molecular flexibility index (Phi) is 6.36. The number of thioether (sulfide) groups is 1. The van der Waals surface area contributed by atoms with Gasteiger partial charge in [-0.25, -0.2) is 4.98 Å². The molecular formula is C23H24N4O3S. The van der Waals surface area contributed by atoms with Crippen molar-refractivity contribution in [2.75, 3.05) is 7.11 Å². The van der Waals surface area contributed by atoms with Crippen LogP contribution in [0.1, 0.15) is 42.8 Å². The molecule has 0 radical (unpaired) electrons. The Labute approximate surface area is 184 Å². The molecule has 0 saturated carbocycles. The smallest absolute Gasteiger partial charge is 0.262 e. The standard InChI is InChI=1S/C23H24N4O3S/c1-4-7-20-25-21(30-26-20)15(2)31-23-24-19-9-6-5-8-18(19)22(28)27(23)14-16-10-12-17(29-3)13-11-16/h5-6,8-13,15H,4,7,14H2,1-3H3/t15-/m1/s1. The predicted octanol–water partition coefficient (Wildman–Crippen LogP) is 4.64. The van der Waals surface area contributed by atoms with Crippen LogP contribution in [0.25, 0.3) is 10.9 Å². The van der Waals surface area contributed by atoms with Crippen LogP contribution in [0.15, 0.2) is 63.0 Å². The third-order valence-corrected chi connectivity index (χ3v) is 5.99. The highest BCUT2D eigenvalue weighted by atomic mass is 32.2. The van der Waals surface area contributed by atoms with Gasteiger partial charge >= 0.3 is 0 Å². The molecule has 31 heavy (non-hydrogen) atoms. The molecule has 0 bridgehead atoms. The zero-order chi connectivity index (χ0) is 21.8. The topological polar surface area (TPSA) is 83.0 Å². The van der Waals surface area contributed by atoms with Crippen LogP contribution in [-0.4, -0.2) is 26.8 Å². The molecule has 2 aromatic carbocycles. The molecule has 4 rings (SSSR count). The lowest BCUT2D eigenvalue weighted by Gasteiger charge is -2.15. The van der Waals surface area contributed by atoms with Crippen molar-refractivity contribution >= 4 is 22.7 Å². The van der Waals surface area contributed by atoms with Crippen molar-refractivity contribution in [1.29, 1.82) is 0 Å². The van der Waals surface area contributed by atoms with Crippen molar-refractivity contribution in [3.05, 3.63) is 76.2 Å². The maximum Gasteiger partial charge on any atom is 0.262 e. The Morgan fingerprint density at radius 1 is 1.13 bits per heavy atom. The summed E-state index contributed by atoms with van der Waals surface area (Å²) in [7, 11) is 1.63. The van der Waals surface area contributed by atoms with E-state index in [0.717, 1.165) is 24.2 Å². The normalized spacial score (nSPS) is 12.2. The largest absolute Gasteiger partial charge is 0.497 e. The average molecular weight is 437 g/mol. The van der Waals surface area contributed by atoms with Crippen LogP contribution in [0, 0.1) is 0 Å². The number of rotatable bonds is 8. The number of fused-ring (bicyclic) bond motifs is 1. The number of benzene rings is 2. The molecule has 4 aromatic rings. The SMILES string of the molecule is CCCc1noc([C@@H](C)Sc2nc3ccccc3c(=O)n2Cc2ccc(OC)cc2)n1. The summed E-state index contributed by atoms with van der Waals surface area (Å²) >= 11 is 1.44. The van der Waals surface area contributed by atoms with E-state index in [1.807, 2.05) is 55.5 Å². The zero-order valence-corrected chi connectivity index (χ0v) is 18.6. The molecule has 160 valence electrons. The molecule has 0 saturated heterocycles. The van der Waals surface area contributed by atoms with E-state index in [-0.39, 0.29) is 10.8 Å². The highest BCUT2D eigenvalue weighted by Crippen LogP contribution is 2.33. The first-order chi connectivity index (χ1) is 15.1. The van der Waals surface area contributed by atoms with E-state index in [9.17, 15) is 4.79 Å². The lowest BCUT2D eigenvalue weighted by molar-refractivity contribution is 0.374. The minimum Gasteiger partial charge on any atom is -0.497 e. The summed E-state index contributed by atoms with van der Waals surface area (Å²) in [6.07, 6.45) is 1.73. The van der Waals surface area contributed by atoms with Gasteiger partial charge in [0.05, 0.1) is 29.8 Å². The molecule has 0 fully saturated rings. The highest BCUT2D eigenvalue weighted by Gasteiger charge is 2.20. The van der Waals surface area contributed by atoms with Crippen LogP contribution in [-0.2, 0) is 13.0 Å². The van der Waals surface area contributed by atoms with E-state index in [4.69, 9.17) is 14.2 Å². The lowest BCUT2D eigenvalue weighted by Crippen LogP contribution is -2.24. The molecule has 0 aliphatic carbocycles. The third kappa shape index (κ3) is 4.64. The van der Waals surface area contributed by atoms with Gasteiger partial charge in [-0.2, -0.15) is 4.98 Å². The summed E-state index contributed by atoms with van der Waals surface area (Å²) in [6, 6.07) is 15.1. The fourth-order valence-electron chi connectivity index (χ4n) is 3.26. The van der Waals surface area contributed by atoms with Crippen molar-refractivity contribution in [1.82, 2.24) is 19.7 Å². The number of methoxy groups -OCH3 is 1. The van der Waals surface area contributed by atoms with Gasteiger partial charge < -0.3 is 9.26 Å². The van der Waals surface area contributed by atoms with Crippen LogP contribution >= 0.6 is 11.8 Å². The molecule has 2 aromatic heterocycles. The molecule has 0 spiro atoms. The quantitative estimate of drug-likeness (QED) is 0.294. The predicted molar refractivity (Wildman–Crippen MR) is 121 cm³/mol. The number of nitrogens with zero attached hydrogens (tertiary/aromatic N) is 4. The van der Waals surface area contributed by atoms with Crippen molar-refractivity contribution in [2.24, 2.45) is 0 Å². The van der Waals surface area contributed by atoms with Gasteiger partial charge in [-0.1, -0.05) is 48.1 Å². The zero-order valence-electron chi connectivity index (χ0n) is 17.7. The van der Waals surface area contributed by atoms with E-state index in [1.165, 1.54) is 11.8 Å². The summed E-state index contributed by atoms with van der Waals surface area (Å²) in [5, 5.41) is 5.10. The van der Waals surface area contributed by atoms with E-state index >= 15 is 0 Å². The first-order valence-electron chi connectivity index (χ1n) is 10.2. The molecule has 0 unspecified atom stereocenters. The van der Waals surface area contributed by atoms with E-state index in [0.29, 0.717) is 34.3 Å². The lowest BCUT2D eigenvalue weighted by atomic mass is 10.2. The Morgan fingerprint density at radius 3 is 2.65 bits per heavy atom. The van der Waals surface area contributed by atoms with E-state index in [2.05, 4.69) is 17.1 Å². The van der Waals surface area contributed by atoms with Crippen LogP contribution < -0.4 is 10.3 Å². The fraction of sp³-hybridized carbons (Fsp3) is 0.304. The molecule has 8 heteroatoms. The minimum atomic E-state index is -0.145. The molecule has 7 nitrogen and oxygen atoms in total. The van der Waals surface area contributed by atoms with Gasteiger partial charge in [0.1, 0.15) is 5.75 Å². The van der Waals surface area contributed by atoms with Crippen molar-refractivity contribution in [3.8, 4) is 5.75 Å². The van der Waals surface area contributed by atoms with Gasteiger partial charge in [-0.3, -0.25) is 9.36 Å². The molecular weight excluding hydrogens is 412 g/mol. The second-order valence-electron chi connectivity index (χ2n) is 7.21. The van der Waals surface area contributed by atoms with Crippen LogP contribution in [0.5, 0.6) is 5.75 Å². The van der Waals surface area contributed by atoms with Gasteiger partial charge in [-0.05, 0) is 43.2 Å². The fourth-order valence-corrected chi connectivity index (χ4v) is 4.20. The minimum absolute atomic E-state index is 0.0756. The summed E-state index contributed by atoms with van der Waals surface area (Å²) in [4.78, 5) is 22.6. The highest BCUT2D eigenvalue weighted by molar-refractivity contribution is 7.99.